The van der Waals surface area contributed by atoms with Crippen LogP contribution in [0.25, 0.3) is 0 Å². The topological polar surface area (TPSA) is 397 Å². The molecule has 0 bridgehead atoms. The Bertz CT molecular complexity index is 2360. The molecule has 1 unspecified atom stereocenters. The van der Waals surface area contributed by atoms with Crippen LogP contribution >= 0.6 is 12.2 Å². The van der Waals surface area contributed by atoms with Crippen LogP contribution in [0.1, 0.15) is 68.9 Å². The molecule has 4 amide bonds. The third-order valence-corrected chi connectivity index (χ3v) is 12.9. The summed E-state index contributed by atoms with van der Waals surface area (Å²) >= 11 is 5.51. The molecule has 1 aliphatic heterocycles. The zero-order chi connectivity index (χ0) is 58.3. The van der Waals surface area contributed by atoms with Gasteiger partial charge in [0.15, 0.2) is 5.11 Å². The number of amides is 4. The molecule has 2 aromatic rings. The predicted octanol–water partition coefficient (Wildman–Crippen LogP) is 0.0889. The summed E-state index contributed by atoms with van der Waals surface area (Å²) in [6.07, 6.45) is 1.98. The summed E-state index contributed by atoms with van der Waals surface area (Å²) in [6, 6.07) is 10.8. The fourth-order valence-corrected chi connectivity index (χ4v) is 8.81. The monoisotopic (exact) mass is 1310 g/mol. The van der Waals surface area contributed by atoms with Crippen molar-refractivity contribution in [2.24, 2.45) is 0 Å². The summed E-state index contributed by atoms with van der Waals surface area (Å²) in [6.45, 7) is 0.357. The zero-order valence-corrected chi connectivity index (χ0v) is 46.6. The number of carboxylic acids is 7. The van der Waals surface area contributed by atoms with Crippen molar-refractivity contribution in [3.05, 3.63) is 65.7 Å². The molecule has 0 spiro atoms. The van der Waals surface area contributed by atoms with E-state index in [1.807, 2.05) is 30.3 Å². The second kappa shape index (κ2) is 38.4. The molecule has 1 aliphatic rings. The standard InChI is InChI=1S/C51H74N10O17S.Lu/c62-41(55-40(28-34-9-3-1-4-10-34)47(73)52-19-8-6-11-38(48(74)75)56-50(78)57-39(49(76)77)17-18-42(63)64)12-5-2-7-20-53-51(79)54-36-15-13-35(14-16-36)27-37-29-60(32-45(69)70)24-23-58(30-43(65)66)21-22-59(31-44(67)68)25-26-61(37)33-46(71)72;/h1,3-4,9-10,13-16,37-40H,2,5-8,11-12,17-33H2,(H,52,73)(H,55,62)(H,63,64)(H,65,66)(H,67,68)(H,69,70)(H,71,72)(H,74,75)(H,76,77)(H2,53,54,79)(H2,56,57,78);/q;+3/t37?,38-,39-,40-;/m0./s1. The third kappa shape index (κ3) is 30.3. The average molecular weight is 1310 g/mol. The van der Waals surface area contributed by atoms with Gasteiger partial charge in [-0.1, -0.05) is 48.9 Å². The SMILES string of the molecule is O=C(O)CC[C@H](NC(=O)N[C@@H](CCCCNC(=O)[C@H](Cc1ccccc1)NC(=O)CCCCCNC(=S)Nc1ccc(CC2CN(CC(=O)O)CCN(CC(=O)O)CCN(CC(=O)O)CCN2CC(=O)O)cc1)C(=O)O)C(=O)O.[Lu+3]. The van der Waals surface area contributed by atoms with Crippen molar-refractivity contribution in [2.45, 2.75) is 94.8 Å². The van der Waals surface area contributed by atoms with Crippen LogP contribution in [0.3, 0.4) is 0 Å². The smallest absolute Gasteiger partial charge is 0.481 e. The van der Waals surface area contributed by atoms with Crippen LogP contribution in [-0.2, 0) is 56.0 Å². The molecule has 0 aromatic heterocycles. The molecule has 1 saturated heterocycles. The van der Waals surface area contributed by atoms with Gasteiger partial charge in [0.25, 0.3) is 0 Å². The van der Waals surface area contributed by atoms with E-state index in [1.165, 1.54) is 0 Å². The van der Waals surface area contributed by atoms with Gasteiger partial charge < -0.3 is 67.6 Å². The Morgan fingerprint density at radius 3 is 1.61 bits per heavy atom. The molecule has 29 heteroatoms. The van der Waals surface area contributed by atoms with Gasteiger partial charge in [0, 0.05) is 89.9 Å². The Balaban J connectivity index is 0.0000219. The van der Waals surface area contributed by atoms with Crippen molar-refractivity contribution >= 4 is 82.6 Å². The summed E-state index contributed by atoms with van der Waals surface area (Å²) in [5.41, 5.74) is 2.25. The number of urea groups is 1. The van der Waals surface area contributed by atoms with E-state index in [0.717, 1.165) is 11.1 Å². The van der Waals surface area contributed by atoms with Crippen LogP contribution in [0.2, 0.25) is 0 Å². The van der Waals surface area contributed by atoms with Crippen LogP contribution < -0.4 is 31.9 Å². The summed E-state index contributed by atoms with van der Waals surface area (Å²) in [4.78, 5) is 127. The molecule has 2 aromatic carbocycles. The van der Waals surface area contributed by atoms with Crippen LogP contribution in [0.5, 0.6) is 0 Å². The van der Waals surface area contributed by atoms with Crippen molar-refractivity contribution in [2.75, 3.05) is 90.4 Å². The number of nitrogens with one attached hydrogen (secondary N) is 6. The van der Waals surface area contributed by atoms with E-state index in [1.54, 1.807) is 43.9 Å². The van der Waals surface area contributed by atoms with Gasteiger partial charge in [-0.05, 0) is 80.4 Å². The zero-order valence-electron chi connectivity index (χ0n) is 44.1. The molecule has 0 saturated carbocycles. The minimum absolute atomic E-state index is 0. The normalized spacial score (nSPS) is 15.8. The van der Waals surface area contributed by atoms with Gasteiger partial charge in [0.2, 0.25) is 11.8 Å². The van der Waals surface area contributed by atoms with Crippen molar-refractivity contribution in [3.63, 3.8) is 0 Å². The minimum Gasteiger partial charge on any atom is -0.481 e. The van der Waals surface area contributed by atoms with Crippen molar-refractivity contribution < 1.29 is 121 Å². The van der Waals surface area contributed by atoms with Crippen LogP contribution in [0.4, 0.5) is 10.5 Å². The molecular weight excluding hydrogens is 1230 g/mol. The van der Waals surface area contributed by atoms with E-state index in [0.29, 0.717) is 49.4 Å². The number of carboxylic acid groups (broad SMARTS) is 7. The maximum absolute atomic E-state index is 13.3. The van der Waals surface area contributed by atoms with Crippen LogP contribution in [-0.4, -0.2) is 229 Å². The van der Waals surface area contributed by atoms with Gasteiger partial charge >= 0.3 is 84.7 Å². The number of rotatable bonds is 33. The number of unbranched alkanes of at least 4 members (excludes halogenated alkanes) is 3. The molecule has 80 heavy (non-hydrogen) atoms. The van der Waals surface area contributed by atoms with E-state index in [2.05, 4.69) is 31.9 Å². The molecule has 3 rings (SSSR count). The maximum Gasteiger partial charge on any atom is 3.00 e. The number of anilines is 1. The van der Waals surface area contributed by atoms with Crippen LogP contribution in [0.15, 0.2) is 54.6 Å². The van der Waals surface area contributed by atoms with Crippen LogP contribution in [0, 0.1) is 36.9 Å². The molecule has 0 aliphatic carbocycles. The minimum atomic E-state index is -1.55. The summed E-state index contributed by atoms with van der Waals surface area (Å²) in [5.74, 6) is -9.32. The Kier molecular flexibility index (Phi) is 33.5. The Labute approximate surface area is 497 Å². The largest absolute Gasteiger partial charge is 3.00 e. The average Bonchev–Trinajstić information content (AvgIpc) is 3.36. The van der Waals surface area contributed by atoms with Gasteiger partial charge in [-0.2, -0.15) is 0 Å². The summed E-state index contributed by atoms with van der Waals surface area (Å²) < 4.78 is 0. The Morgan fingerprint density at radius 1 is 0.525 bits per heavy atom. The number of benzene rings is 2. The number of aliphatic carboxylic acids is 7. The fraction of sp³-hybridized carbons (Fsp3) is 0.549. The van der Waals surface area contributed by atoms with Crippen molar-refractivity contribution in [3.8, 4) is 0 Å². The summed E-state index contributed by atoms with van der Waals surface area (Å²) in [5, 5.41) is 82.9. The number of carbonyl (C=O) groups excluding carboxylic acids is 3. The third-order valence-electron chi connectivity index (χ3n) is 12.6. The number of thiocarbonyl (C=S) groups is 1. The van der Waals surface area contributed by atoms with Gasteiger partial charge in [0.1, 0.15) is 18.1 Å². The molecular formula is C51H74LuN10O17S+3. The van der Waals surface area contributed by atoms with Gasteiger partial charge in [-0.15, -0.1) is 0 Å². The molecule has 13 N–H and O–H groups in total. The van der Waals surface area contributed by atoms with E-state index >= 15 is 0 Å². The first-order chi connectivity index (χ1) is 37.6. The number of nitrogens with zero attached hydrogens (tertiary/aromatic N) is 4. The first-order valence-electron chi connectivity index (χ1n) is 25.8. The molecule has 0 radical (unpaired) electrons. The van der Waals surface area contributed by atoms with Gasteiger partial charge in [0.05, 0.1) is 26.2 Å². The molecule has 1 fully saturated rings. The number of carbonyl (C=O) groups is 10. The Hall–Kier alpha value is -6.30. The molecule has 1 heterocycles. The second-order valence-corrected chi connectivity index (χ2v) is 19.4. The first-order valence-corrected chi connectivity index (χ1v) is 26.2. The number of hydrogen-bond donors (Lipinski definition) is 13. The fourth-order valence-electron chi connectivity index (χ4n) is 8.59. The van der Waals surface area contributed by atoms with Crippen molar-refractivity contribution in [1.29, 1.82) is 0 Å². The molecule has 448 valence electrons. The van der Waals surface area contributed by atoms with E-state index < -0.39 is 90.7 Å². The quantitative estimate of drug-likeness (QED) is 0.0333. The van der Waals surface area contributed by atoms with Gasteiger partial charge in [-0.25, -0.2) is 14.4 Å². The maximum atomic E-state index is 13.3. The van der Waals surface area contributed by atoms with Crippen molar-refractivity contribution in [1.82, 2.24) is 46.2 Å². The van der Waals surface area contributed by atoms with Gasteiger partial charge in [-0.3, -0.25) is 53.2 Å². The Morgan fingerprint density at radius 2 is 1.05 bits per heavy atom. The molecule has 27 nitrogen and oxygen atoms in total. The number of hydrogen-bond acceptors (Lipinski definition) is 15. The van der Waals surface area contributed by atoms with E-state index in [9.17, 15) is 78.6 Å². The second-order valence-electron chi connectivity index (χ2n) is 19.0. The van der Waals surface area contributed by atoms with E-state index in [4.69, 9.17) is 17.3 Å². The van der Waals surface area contributed by atoms with E-state index in [-0.39, 0.29) is 147 Å². The molecule has 4 atom stereocenters. The predicted molar refractivity (Wildman–Crippen MR) is 288 cm³/mol. The first kappa shape index (κ1) is 69.8. The summed E-state index contributed by atoms with van der Waals surface area (Å²) in [7, 11) is 0.